The van der Waals surface area contributed by atoms with E-state index in [1.54, 1.807) is 0 Å². The molecule has 0 aromatic carbocycles. The molecule has 0 fully saturated rings. The lowest BCUT2D eigenvalue weighted by molar-refractivity contribution is 0.311. The zero-order chi connectivity index (χ0) is 15.7. The van der Waals surface area contributed by atoms with Gasteiger partial charge in [0.25, 0.3) is 5.56 Å². The number of hydrogen-bond acceptors (Lipinski definition) is 3. The first-order chi connectivity index (χ1) is 9.00. The first kappa shape index (κ1) is 16.7. The molecule has 0 atom stereocenters. The van der Waals surface area contributed by atoms with E-state index < -0.39 is 5.76 Å². The van der Waals surface area contributed by atoms with Gasteiger partial charge in [-0.3, -0.25) is 4.79 Å². The second-order valence-corrected chi connectivity index (χ2v) is 7.38. The molecule has 20 heavy (non-hydrogen) atoms. The standard InChI is InChI=1S/C16H27NO3/c1-8-9-10-17-13(18)11(15(2,3)4)12(16(5,6)7)20-14(17)19/h8-10H2,1-7H3. The Morgan fingerprint density at radius 2 is 1.55 bits per heavy atom. The zero-order valence-electron chi connectivity index (χ0n) is 13.8. The van der Waals surface area contributed by atoms with Crippen LogP contribution < -0.4 is 11.3 Å². The van der Waals surface area contributed by atoms with Gasteiger partial charge in [-0.05, 0) is 11.8 Å². The fourth-order valence-electron chi connectivity index (χ4n) is 2.21. The first-order valence-electron chi connectivity index (χ1n) is 7.29. The van der Waals surface area contributed by atoms with Gasteiger partial charge in [0.05, 0.1) is 5.56 Å². The van der Waals surface area contributed by atoms with Crippen LogP contribution in [0, 0.1) is 0 Å². The summed E-state index contributed by atoms with van der Waals surface area (Å²) in [5.41, 5.74) is -0.317. The van der Waals surface area contributed by atoms with E-state index in [1.165, 1.54) is 4.57 Å². The maximum absolute atomic E-state index is 12.7. The Morgan fingerprint density at radius 3 is 1.95 bits per heavy atom. The molecule has 114 valence electrons. The van der Waals surface area contributed by atoms with Gasteiger partial charge >= 0.3 is 5.76 Å². The minimum Gasteiger partial charge on any atom is -0.413 e. The second-order valence-electron chi connectivity index (χ2n) is 7.38. The van der Waals surface area contributed by atoms with Gasteiger partial charge in [0.15, 0.2) is 0 Å². The van der Waals surface area contributed by atoms with Crippen LogP contribution in [0.15, 0.2) is 14.0 Å². The van der Waals surface area contributed by atoms with Crippen molar-refractivity contribution < 1.29 is 4.42 Å². The van der Waals surface area contributed by atoms with E-state index >= 15 is 0 Å². The maximum atomic E-state index is 12.7. The Labute approximate surface area is 120 Å². The van der Waals surface area contributed by atoms with Crippen molar-refractivity contribution in [2.75, 3.05) is 0 Å². The predicted molar refractivity (Wildman–Crippen MR) is 81.5 cm³/mol. The largest absolute Gasteiger partial charge is 0.421 e. The molecule has 4 heteroatoms. The molecule has 0 aliphatic carbocycles. The average Bonchev–Trinajstić information content (AvgIpc) is 2.24. The maximum Gasteiger partial charge on any atom is 0.421 e. The molecule has 1 aromatic heterocycles. The van der Waals surface area contributed by atoms with E-state index in [2.05, 4.69) is 0 Å². The molecule has 0 amide bonds. The second kappa shape index (κ2) is 5.58. The third-order valence-electron chi connectivity index (χ3n) is 3.26. The van der Waals surface area contributed by atoms with Crippen LogP contribution in [0.25, 0.3) is 0 Å². The monoisotopic (exact) mass is 281 g/mol. The van der Waals surface area contributed by atoms with Crippen LogP contribution in [-0.4, -0.2) is 4.57 Å². The van der Waals surface area contributed by atoms with E-state index in [0.29, 0.717) is 17.9 Å². The molecule has 0 N–H and O–H groups in total. The highest BCUT2D eigenvalue weighted by Crippen LogP contribution is 2.30. The highest BCUT2D eigenvalue weighted by atomic mass is 16.4. The molecule has 0 spiro atoms. The van der Waals surface area contributed by atoms with E-state index in [9.17, 15) is 9.59 Å². The van der Waals surface area contributed by atoms with Gasteiger partial charge in [-0.15, -0.1) is 0 Å². The molecular weight excluding hydrogens is 254 g/mol. The van der Waals surface area contributed by atoms with Gasteiger partial charge < -0.3 is 4.42 Å². The van der Waals surface area contributed by atoms with Crippen LogP contribution in [0.1, 0.15) is 72.6 Å². The van der Waals surface area contributed by atoms with Gasteiger partial charge in [-0.25, -0.2) is 9.36 Å². The van der Waals surface area contributed by atoms with Crippen LogP contribution in [0.5, 0.6) is 0 Å². The molecule has 0 bridgehead atoms. The minimum absolute atomic E-state index is 0.202. The summed E-state index contributed by atoms with van der Waals surface area (Å²) in [4.78, 5) is 24.8. The van der Waals surface area contributed by atoms with Crippen molar-refractivity contribution in [1.82, 2.24) is 4.57 Å². The highest BCUT2D eigenvalue weighted by molar-refractivity contribution is 5.27. The predicted octanol–water partition coefficient (Wildman–Crippen LogP) is 3.20. The number of unbranched alkanes of at least 4 members (excludes halogenated alkanes) is 1. The summed E-state index contributed by atoms with van der Waals surface area (Å²) in [7, 11) is 0. The Hall–Kier alpha value is -1.32. The highest BCUT2D eigenvalue weighted by Gasteiger charge is 2.32. The summed E-state index contributed by atoms with van der Waals surface area (Å²) in [5, 5.41) is 0. The van der Waals surface area contributed by atoms with E-state index in [0.717, 1.165) is 12.8 Å². The first-order valence-corrected chi connectivity index (χ1v) is 7.29. The molecule has 1 rings (SSSR count). The van der Waals surface area contributed by atoms with E-state index in [4.69, 9.17) is 4.42 Å². The van der Waals surface area contributed by atoms with Crippen LogP contribution in [0.4, 0.5) is 0 Å². The number of hydrogen-bond donors (Lipinski definition) is 0. The van der Waals surface area contributed by atoms with Gasteiger partial charge in [-0.1, -0.05) is 54.9 Å². The van der Waals surface area contributed by atoms with Crippen molar-refractivity contribution in [3.05, 3.63) is 32.2 Å². The summed E-state index contributed by atoms with van der Waals surface area (Å²) in [6, 6.07) is 0. The lowest BCUT2D eigenvalue weighted by Crippen LogP contribution is -2.41. The number of aromatic nitrogens is 1. The molecule has 1 aromatic rings. The van der Waals surface area contributed by atoms with Crippen LogP contribution >= 0.6 is 0 Å². The zero-order valence-corrected chi connectivity index (χ0v) is 13.8. The summed E-state index contributed by atoms with van der Waals surface area (Å²) in [6.07, 6.45) is 1.72. The number of rotatable bonds is 3. The van der Waals surface area contributed by atoms with Crippen LogP contribution in [-0.2, 0) is 17.4 Å². The Kier molecular flexibility index (Phi) is 4.67. The molecule has 1 heterocycles. The average molecular weight is 281 g/mol. The molecule has 0 unspecified atom stereocenters. The topological polar surface area (TPSA) is 52.2 Å². The fraction of sp³-hybridized carbons (Fsp3) is 0.750. The van der Waals surface area contributed by atoms with Gasteiger partial charge in [0, 0.05) is 12.0 Å². The smallest absolute Gasteiger partial charge is 0.413 e. The van der Waals surface area contributed by atoms with Crippen molar-refractivity contribution in [3.63, 3.8) is 0 Å². The Bertz CT molecular complexity index is 580. The molecular formula is C16H27NO3. The van der Waals surface area contributed by atoms with Crippen LogP contribution in [0.3, 0.4) is 0 Å². The summed E-state index contributed by atoms with van der Waals surface area (Å²) in [6.45, 7) is 14.2. The summed E-state index contributed by atoms with van der Waals surface area (Å²) < 4.78 is 6.75. The number of nitrogens with zero attached hydrogens (tertiary/aromatic N) is 1. The Morgan fingerprint density at radius 1 is 1.00 bits per heavy atom. The van der Waals surface area contributed by atoms with Gasteiger partial charge in [-0.2, -0.15) is 0 Å². The summed E-state index contributed by atoms with van der Waals surface area (Å²) in [5.74, 6) is -0.0332. The van der Waals surface area contributed by atoms with Crippen molar-refractivity contribution in [2.45, 2.75) is 78.7 Å². The third kappa shape index (κ3) is 3.41. The quantitative estimate of drug-likeness (QED) is 0.855. The lowest BCUT2D eigenvalue weighted by atomic mass is 9.80. The third-order valence-corrected chi connectivity index (χ3v) is 3.26. The molecule has 0 saturated heterocycles. The van der Waals surface area contributed by atoms with E-state index in [-0.39, 0.29) is 16.4 Å². The molecule has 0 aliphatic rings. The Balaban J connectivity index is 3.68. The normalized spacial score (nSPS) is 12.8. The van der Waals surface area contributed by atoms with Crippen molar-refractivity contribution in [1.29, 1.82) is 0 Å². The SMILES string of the molecule is CCCCn1c(=O)oc(C(C)(C)C)c(C(C)(C)C)c1=O. The molecule has 0 radical (unpaired) electrons. The van der Waals surface area contributed by atoms with E-state index in [1.807, 2.05) is 48.5 Å². The van der Waals surface area contributed by atoms with Crippen LogP contribution in [0.2, 0.25) is 0 Å². The van der Waals surface area contributed by atoms with Crippen molar-refractivity contribution >= 4 is 0 Å². The molecule has 0 saturated carbocycles. The fourth-order valence-corrected chi connectivity index (χ4v) is 2.21. The molecule has 0 aliphatic heterocycles. The summed E-state index contributed by atoms with van der Waals surface area (Å²) >= 11 is 0. The van der Waals surface area contributed by atoms with Crippen molar-refractivity contribution in [2.24, 2.45) is 0 Å². The van der Waals surface area contributed by atoms with Crippen molar-refractivity contribution in [3.8, 4) is 0 Å². The van der Waals surface area contributed by atoms with Gasteiger partial charge in [0.2, 0.25) is 0 Å². The minimum atomic E-state index is -0.540. The lowest BCUT2D eigenvalue weighted by Gasteiger charge is -2.27. The molecule has 4 nitrogen and oxygen atoms in total. The van der Waals surface area contributed by atoms with Gasteiger partial charge in [0.1, 0.15) is 5.76 Å².